The van der Waals surface area contributed by atoms with E-state index < -0.39 is 0 Å². The van der Waals surface area contributed by atoms with Gasteiger partial charge in [-0.05, 0) is 75.2 Å². The van der Waals surface area contributed by atoms with E-state index in [2.05, 4.69) is 25.8 Å². The van der Waals surface area contributed by atoms with E-state index in [0.717, 1.165) is 29.6 Å². The zero-order valence-electron chi connectivity index (χ0n) is 13.7. The number of hydrogen-bond acceptors (Lipinski definition) is 2. The molecule has 2 bridgehead atoms. The van der Waals surface area contributed by atoms with E-state index in [4.69, 9.17) is 5.73 Å². The van der Waals surface area contributed by atoms with Crippen molar-refractivity contribution in [2.24, 2.45) is 35.3 Å². The third-order valence-corrected chi connectivity index (χ3v) is 6.83. The molecule has 6 unspecified atom stereocenters. The van der Waals surface area contributed by atoms with Crippen LogP contribution in [0.4, 0.5) is 0 Å². The second-order valence-corrected chi connectivity index (χ2v) is 8.42. The summed E-state index contributed by atoms with van der Waals surface area (Å²) in [5.41, 5.74) is 6.45. The molecule has 2 N–H and O–H groups in total. The van der Waals surface area contributed by atoms with Crippen molar-refractivity contribution in [2.45, 2.75) is 70.9 Å². The van der Waals surface area contributed by atoms with Gasteiger partial charge in [-0.15, -0.1) is 0 Å². The lowest BCUT2D eigenvalue weighted by Crippen LogP contribution is -2.51. The Bertz CT molecular complexity index is 327. The predicted octanol–water partition coefficient (Wildman–Crippen LogP) is 3.51. The first kappa shape index (κ1) is 14.8. The van der Waals surface area contributed by atoms with Crippen LogP contribution in [0.25, 0.3) is 0 Å². The topological polar surface area (TPSA) is 29.3 Å². The van der Waals surface area contributed by atoms with Crippen molar-refractivity contribution in [2.75, 3.05) is 13.6 Å². The summed E-state index contributed by atoms with van der Waals surface area (Å²) < 4.78 is 0. The Balaban J connectivity index is 1.56. The zero-order chi connectivity index (χ0) is 14.3. The lowest BCUT2D eigenvalue weighted by molar-refractivity contribution is 0.0941. The van der Waals surface area contributed by atoms with Crippen LogP contribution in [-0.4, -0.2) is 30.6 Å². The van der Waals surface area contributed by atoms with Crippen molar-refractivity contribution in [3.05, 3.63) is 0 Å². The zero-order valence-corrected chi connectivity index (χ0v) is 13.7. The number of nitrogens with two attached hydrogens (primary N) is 1. The third kappa shape index (κ3) is 2.92. The van der Waals surface area contributed by atoms with Gasteiger partial charge in [0.15, 0.2) is 0 Å². The molecule has 3 fully saturated rings. The Morgan fingerprint density at radius 3 is 2.45 bits per heavy atom. The summed E-state index contributed by atoms with van der Waals surface area (Å²) in [6.45, 7) is 6.08. The van der Waals surface area contributed by atoms with Gasteiger partial charge in [0.25, 0.3) is 0 Å². The summed E-state index contributed by atoms with van der Waals surface area (Å²) in [6, 6.07) is 1.05. The summed E-state index contributed by atoms with van der Waals surface area (Å²) >= 11 is 0. The van der Waals surface area contributed by atoms with Gasteiger partial charge in [0, 0.05) is 18.6 Å². The molecule has 3 aliphatic rings. The van der Waals surface area contributed by atoms with Crippen molar-refractivity contribution in [1.82, 2.24) is 4.90 Å². The molecule has 3 aliphatic carbocycles. The second-order valence-electron chi connectivity index (χ2n) is 8.42. The molecule has 2 heteroatoms. The first-order chi connectivity index (χ1) is 9.54. The lowest BCUT2D eigenvalue weighted by atomic mass is 9.76. The summed E-state index contributed by atoms with van der Waals surface area (Å²) in [5, 5.41) is 0. The number of fused-ring (bicyclic) bond motifs is 2. The van der Waals surface area contributed by atoms with Gasteiger partial charge in [-0.3, -0.25) is 0 Å². The van der Waals surface area contributed by atoms with E-state index in [9.17, 15) is 0 Å². The van der Waals surface area contributed by atoms with Gasteiger partial charge in [-0.25, -0.2) is 0 Å². The van der Waals surface area contributed by atoms with Crippen LogP contribution in [0.5, 0.6) is 0 Å². The molecule has 3 saturated carbocycles. The first-order valence-corrected chi connectivity index (χ1v) is 9.00. The Labute approximate surface area is 125 Å². The maximum atomic E-state index is 6.45. The molecule has 0 aliphatic heterocycles. The molecule has 3 rings (SSSR count). The van der Waals surface area contributed by atoms with E-state index in [1.54, 1.807) is 0 Å². The second kappa shape index (κ2) is 5.96. The van der Waals surface area contributed by atoms with Crippen molar-refractivity contribution >= 4 is 0 Å². The lowest BCUT2D eigenvalue weighted by Gasteiger charge is -2.42. The van der Waals surface area contributed by atoms with E-state index in [-0.39, 0.29) is 0 Å². The maximum absolute atomic E-state index is 6.45. The maximum Gasteiger partial charge on any atom is 0.0247 e. The summed E-state index contributed by atoms with van der Waals surface area (Å²) in [6.07, 6.45) is 9.97. The highest BCUT2D eigenvalue weighted by Gasteiger charge is 2.41. The monoisotopic (exact) mass is 278 g/mol. The van der Waals surface area contributed by atoms with Gasteiger partial charge in [0.2, 0.25) is 0 Å². The highest BCUT2D eigenvalue weighted by molar-refractivity contribution is 4.94. The van der Waals surface area contributed by atoms with E-state index >= 15 is 0 Å². The van der Waals surface area contributed by atoms with Crippen molar-refractivity contribution in [3.8, 4) is 0 Å². The summed E-state index contributed by atoms with van der Waals surface area (Å²) in [7, 11) is 2.35. The molecular formula is C18H34N2. The Hall–Kier alpha value is -0.0800. The minimum absolute atomic E-state index is 0.411. The highest BCUT2D eigenvalue weighted by atomic mass is 15.2. The van der Waals surface area contributed by atoms with E-state index in [0.29, 0.717) is 12.1 Å². The quantitative estimate of drug-likeness (QED) is 0.852. The van der Waals surface area contributed by atoms with Crippen molar-refractivity contribution in [1.29, 1.82) is 0 Å². The molecule has 6 atom stereocenters. The fourth-order valence-electron chi connectivity index (χ4n) is 5.42. The molecule has 0 spiro atoms. The average Bonchev–Trinajstić information content (AvgIpc) is 3.01. The summed E-state index contributed by atoms with van der Waals surface area (Å²) in [5.74, 6) is 4.80. The minimum atomic E-state index is 0.411. The Kier molecular flexibility index (Phi) is 4.42. The molecule has 0 aromatic rings. The van der Waals surface area contributed by atoms with Crippen LogP contribution in [0.2, 0.25) is 0 Å². The molecule has 2 nitrogen and oxygen atoms in total. The molecule has 0 aromatic carbocycles. The highest BCUT2D eigenvalue weighted by Crippen LogP contribution is 2.48. The Morgan fingerprint density at radius 1 is 1.05 bits per heavy atom. The van der Waals surface area contributed by atoms with Crippen LogP contribution in [-0.2, 0) is 0 Å². The third-order valence-electron chi connectivity index (χ3n) is 6.83. The molecule has 0 heterocycles. The van der Waals surface area contributed by atoms with Gasteiger partial charge in [-0.1, -0.05) is 20.3 Å². The summed E-state index contributed by atoms with van der Waals surface area (Å²) in [4.78, 5) is 2.64. The normalized spacial score (nSPS) is 44.7. The molecule has 0 aromatic heterocycles. The van der Waals surface area contributed by atoms with Gasteiger partial charge in [0.05, 0.1) is 0 Å². The molecule has 0 radical (unpaired) electrons. The first-order valence-electron chi connectivity index (χ1n) is 9.00. The number of hydrogen-bond donors (Lipinski definition) is 1. The largest absolute Gasteiger partial charge is 0.326 e. The van der Waals surface area contributed by atoms with Gasteiger partial charge < -0.3 is 10.6 Å². The number of rotatable bonds is 4. The van der Waals surface area contributed by atoms with Crippen molar-refractivity contribution < 1.29 is 0 Å². The van der Waals surface area contributed by atoms with Crippen LogP contribution < -0.4 is 5.73 Å². The van der Waals surface area contributed by atoms with Gasteiger partial charge >= 0.3 is 0 Å². The molecule has 0 amide bonds. The Morgan fingerprint density at radius 2 is 1.85 bits per heavy atom. The smallest absolute Gasteiger partial charge is 0.0247 e. The number of likely N-dealkylation sites (N-methyl/N-ethyl adjacent to an activating group) is 1. The molecule has 20 heavy (non-hydrogen) atoms. The van der Waals surface area contributed by atoms with Crippen molar-refractivity contribution in [3.63, 3.8) is 0 Å². The SMILES string of the molecule is CC(C)C1CCC(N)C(N(C)CC2CC3CCC2C3)C1. The van der Waals surface area contributed by atoms with Crippen LogP contribution in [0.1, 0.15) is 58.8 Å². The average molecular weight is 278 g/mol. The standard InChI is InChI=1S/C18H34N2/c1-12(2)14-6-7-17(19)18(10-14)20(3)11-16-9-13-4-5-15(16)8-13/h12-18H,4-11,19H2,1-3H3. The fourth-order valence-corrected chi connectivity index (χ4v) is 5.42. The van der Waals surface area contributed by atoms with Crippen LogP contribution in [0.3, 0.4) is 0 Å². The van der Waals surface area contributed by atoms with Gasteiger partial charge in [-0.2, -0.15) is 0 Å². The van der Waals surface area contributed by atoms with Crippen LogP contribution in [0, 0.1) is 29.6 Å². The van der Waals surface area contributed by atoms with E-state index in [1.165, 1.54) is 51.5 Å². The van der Waals surface area contributed by atoms with Gasteiger partial charge in [0.1, 0.15) is 0 Å². The van der Waals surface area contributed by atoms with Crippen LogP contribution >= 0.6 is 0 Å². The minimum Gasteiger partial charge on any atom is -0.326 e. The predicted molar refractivity (Wildman–Crippen MR) is 85.5 cm³/mol. The molecule has 116 valence electrons. The van der Waals surface area contributed by atoms with E-state index in [1.807, 2.05) is 0 Å². The molecule has 0 saturated heterocycles. The fraction of sp³-hybridized carbons (Fsp3) is 1.00. The number of nitrogens with zero attached hydrogens (tertiary/aromatic N) is 1. The van der Waals surface area contributed by atoms with Crippen LogP contribution in [0.15, 0.2) is 0 Å². The molecular weight excluding hydrogens is 244 g/mol.